The molecule has 1 aromatic carbocycles. The molecule has 0 amide bonds. The molecule has 0 saturated heterocycles. The summed E-state index contributed by atoms with van der Waals surface area (Å²) in [4.78, 5) is 13.3. The standard InChI is InChI=1S/C13H11F5N4O2/c1-7-5-9(3-4-10(7)22(23)24)6-21-8(2)19-11(20-21)12(14,15)13(16,17)18/h3-5H,6H2,1-2H3. The largest absolute Gasteiger partial charge is 0.461 e. The minimum absolute atomic E-state index is 0.127. The molecule has 0 atom stereocenters. The summed E-state index contributed by atoms with van der Waals surface area (Å²) in [7, 11) is 0. The first kappa shape index (κ1) is 17.8. The van der Waals surface area contributed by atoms with Crippen molar-refractivity contribution in [1.82, 2.24) is 14.8 Å². The van der Waals surface area contributed by atoms with Crippen LogP contribution in [-0.2, 0) is 12.5 Å². The van der Waals surface area contributed by atoms with E-state index in [1.807, 2.05) is 0 Å². The summed E-state index contributed by atoms with van der Waals surface area (Å²) in [5.41, 5.74) is 0.655. The summed E-state index contributed by atoms with van der Waals surface area (Å²) >= 11 is 0. The SMILES string of the molecule is Cc1cc(Cn2nc(C(F)(F)C(F)(F)F)nc2C)ccc1[N+](=O)[O-]. The van der Waals surface area contributed by atoms with Crippen molar-refractivity contribution < 1.29 is 26.9 Å². The van der Waals surface area contributed by atoms with E-state index in [4.69, 9.17) is 0 Å². The first-order valence-corrected chi connectivity index (χ1v) is 6.54. The second kappa shape index (κ2) is 5.80. The molecule has 0 bridgehead atoms. The Kier molecular flexibility index (Phi) is 4.29. The fraction of sp³-hybridized carbons (Fsp3) is 0.385. The van der Waals surface area contributed by atoms with Gasteiger partial charge in [-0.25, -0.2) is 9.67 Å². The Labute approximate surface area is 132 Å². The van der Waals surface area contributed by atoms with Crippen molar-refractivity contribution >= 4 is 5.69 Å². The summed E-state index contributed by atoms with van der Waals surface area (Å²) in [6.45, 7) is 2.58. The predicted octanol–water partition coefficient (Wildman–Crippen LogP) is 3.51. The number of hydrogen-bond donors (Lipinski definition) is 0. The molecule has 0 fully saturated rings. The monoisotopic (exact) mass is 350 g/mol. The Balaban J connectivity index is 2.32. The van der Waals surface area contributed by atoms with Gasteiger partial charge in [-0.05, 0) is 25.5 Å². The molecule has 0 aliphatic rings. The molecule has 0 aliphatic heterocycles. The fourth-order valence-electron chi connectivity index (χ4n) is 2.02. The number of aryl methyl sites for hydroxylation is 2. The lowest BCUT2D eigenvalue weighted by atomic mass is 10.1. The summed E-state index contributed by atoms with van der Waals surface area (Å²) in [6, 6.07) is 4.02. The van der Waals surface area contributed by atoms with Crippen molar-refractivity contribution in [1.29, 1.82) is 0 Å². The van der Waals surface area contributed by atoms with Gasteiger partial charge in [-0.3, -0.25) is 10.1 Å². The number of hydrogen-bond acceptors (Lipinski definition) is 4. The van der Waals surface area contributed by atoms with Gasteiger partial charge < -0.3 is 0 Å². The molecular weight excluding hydrogens is 339 g/mol. The molecule has 1 aromatic heterocycles. The lowest BCUT2D eigenvalue weighted by molar-refractivity contribution is -0.385. The molecule has 2 rings (SSSR count). The molecule has 0 spiro atoms. The number of nitro groups is 1. The van der Waals surface area contributed by atoms with Crippen molar-refractivity contribution in [3.8, 4) is 0 Å². The van der Waals surface area contributed by atoms with Gasteiger partial charge in [0.05, 0.1) is 11.5 Å². The minimum Gasteiger partial charge on any atom is -0.258 e. The molecule has 1 heterocycles. The number of aromatic nitrogens is 3. The minimum atomic E-state index is -5.80. The highest BCUT2D eigenvalue weighted by Crippen LogP contribution is 2.42. The van der Waals surface area contributed by atoms with Crippen LogP contribution in [0, 0.1) is 24.0 Å². The molecule has 0 radical (unpaired) electrons. The number of nitrogens with zero attached hydrogens (tertiary/aromatic N) is 4. The molecule has 0 unspecified atom stereocenters. The van der Waals surface area contributed by atoms with Gasteiger partial charge in [-0.2, -0.15) is 22.0 Å². The highest BCUT2D eigenvalue weighted by atomic mass is 19.4. The first-order valence-electron chi connectivity index (χ1n) is 6.54. The molecule has 2 aromatic rings. The lowest BCUT2D eigenvalue weighted by Crippen LogP contribution is -2.35. The van der Waals surface area contributed by atoms with Crippen LogP contribution < -0.4 is 0 Å². The molecule has 0 N–H and O–H groups in total. The number of alkyl halides is 5. The van der Waals surface area contributed by atoms with Crippen LogP contribution >= 0.6 is 0 Å². The van der Waals surface area contributed by atoms with E-state index >= 15 is 0 Å². The Hall–Kier alpha value is -2.59. The van der Waals surface area contributed by atoms with Crippen LogP contribution in [0.25, 0.3) is 0 Å². The van der Waals surface area contributed by atoms with E-state index in [2.05, 4.69) is 10.1 Å². The van der Waals surface area contributed by atoms with Gasteiger partial charge in [0.2, 0.25) is 5.82 Å². The van der Waals surface area contributed by atoms with Crippen molar-refractivity contribution in [3.05, 3.63) is 51.1 Å². The quantitative estimate of drug-likeness (QED) is 0.480. The highest BCUT2D eigenvalue weighted by Gasteiger charge is 2.61. The average molecular weight is 350 g/mol. The topological polar surface area (TPSA) is 73.8 Å². The average Bonchev–Trinajstić information content (AvgIpc) is 2.79. The third kappa shape index (κ3) is 3.19. The van der Waals surface area contributed by atoms with Gasteiger partial charge in [0, 0.05) is 11.6 Å². The molecular formula is C13H11F5N4O2. The molecule has 0 saturated carbocycles. The van der Waals surface area contributed by atoms with Gasteiger partial charge >= 0.3 is 12.1 Å². The third-order valence-electron chi connectivity index (χ3n) is 3.28. The van der Waals surface area contributed by atoms with E-state index in [1.54, 1.807) is 0 Å². The Morgan fingerprint density at radius 1 is 1.21 bits per heavy atom. The Bertz CT molecular complexity index is 785. The normalized spacial score (nSPS) is 12.5. The zero-order valence-electron chi connectivity index (χ0n) is 12.4. The number of benzene rings is 1. The molecule has 6 nitrogen and oxygen atoms in total. The van der Waals surface area contributed by atoms with E-state index in [1.165, 1.54) is 32.0 Å². The van der Waals surface area contributed by atoms with Crippen LogP contribution in [0.4, 0.5) is 27.6 Å². The summed E-state index contributed by atoms with van der Waals surface area (Å²) < 4.78 is 64.5. The van der Waals surface area contributed by atoms with Gasteiger partial charge in [0.1, 0.15) is 5.82 Å². The fourth-order valence-corrected chi connectivity index (χ4v) is 2.02. The van der Waals surface area contributed by atoms with E-state index < -0.39 is 22.8 Å². The summed E-state index contributed by atoms with van der Waals surface area (Å²) in [5, 5.41) is 14.0. The van der Waals surface area contributed by atoms with E-state index in [-0.39, 0.29) is 18.1 Å². The predicted molar refractivity (Wildman–Crippen MR) is 71.6 cm³/mol. The summed E-state index contributed by atoms with van der Waals surface area (Å²) in [6.07, 6.45) is -5.80. The summed E-state index contributed by atoms with van der Waals surface area (Å²) in [5.74, 6) is -6.93. The van der Waals surface area contributed by atoms with Crippen molar-refractivity contribution in [2.24, 2.45) is 0 Å². The highest BCUT2D eigenvalue weighted by molar-refractivity contribution is 5.41. The number of rotatable bonds is 4. The van der Waals surface area contributed by atoms with Gasteiger partial charge in [-0.15, -0.1) is 5.10 Å². The zero-order valence-corrected chi connectivity index (χ0v) is 12.4. The number of nitro benzene ring substituents is 1. The van der Waals surface area contributed by atoms with Crippen LogP contribution in [0.5, 0.6) is 0 Å². The van der Waals surface area contributed by atoms with Gasteiger partial charge in [-0.1, -0.05) is 6.07 Å². The van der Waals surface area contributed by atoms with Crippen LogP contribution in [0.2, 0.25) is 0 Å². The Morgan fingerprint density at radius 3 is 2.33 bits per heavy atom. The maximum absolute atomic E-state index is 13.3. The van der Waals surface area contributed by atoms with Crippen molar-refractivity contribution in [2.75, 3.05) is 0 Å². The first-order chi connectivity index (χ1) is 10.9. The van der Waals surface area contributed by atoms with Crippen molar-refractivity contribution in [3.63, 3.8) is 0 Å². The smallest absolute Gasteiger partial charge is 0.258 e. The van der Waals surface area contributed by atoms with Crippen LogP contribution in [0.15, 0.2) is 18.2 Å². The van der Waals surface area contributed by atoms with Crippen LogP contribution in [-0.4, -0.2) is 25.9 Å². The Morgan fingerprint density at radius 2 is 1.83 bits per heavy atom. The lowest BCUT2D eigenvalue weighted by Gasteiger charge is -2.15. The second-order valence-electron chi connectivity index (χ2n) is 5.09. The molecule has 11 heteroatoms. The van der Waals surface area contributed by atoms with E-state index in [0.29, 0.717) is 11.1 Å². The molecule has 130 valence electrons. The number of halogens is 5. The zero-order chi connectivity index (χ0) is 18.3. The molecule has 24 heavy (non-hydrogen) atoms. The maximum atomic E-state index is 13.3. The molecule has 0 aliphatic carbocycles. The van der Waals surface area contributed by atoms with Crippen LogP contribution in [0.1, 0.15) is 22.8 Å². The third-order valence-corrected chi connectivity index (χ3v) is 3.28. The van der Waals surface area contributed by atoms with E-state index in [9.17, 15) is 32.1 Å². The second-order valence-corrected chi connectivity index (χ2v) is 5.09. The van der Waals surface area contributed by atoms with Gasteiger partial charge in [0.15, 0.2) is 0 Å². The van der Waals surface area contributed by atoms with Crippen LogP contribution in [0.3, 0.4) is 0 Å². The van der Waals surface area contributed by atoms with Gasteiger partial charge in [0.25, 0.3) is 5.69 Å². The van der Waals surface area contributed by atoms with Crippen molar-refractivity contribution in [2.45, 2.75) is 32.5 Å². The maximum Gasteiger partial charge on any atom is 0.461 e. The van der Waals surface area contributed by atoms with E-state index in [0.717, 1.165) is 4.68 Å².